The average Bonchev–Trinajstić information content (AvgIpc) is 2.74. The lowest BCUT2D eigenvalue weighted by Gasteiger charge is -2.26. The highest BCUT2D eigenvalue weighted by molar-refractivity contribution is 6.26. The molecule has 2 unspecified atom stereocenters. The van der Waals surface area contributed by atoms with E-state index < -0.39 is 12.2 Å². The first-order chi connectivity index (χ1) is 14.1. The molecule has 4 rings (SSSR count). The Labute approximate surface area is 172 Å². The minimum atomic E-state index is -0.664. The Balaban J connectivity index is 2.07. The molecule has 0 aromatic heterocycles. The van der Waals surface area contributed by atoms with Crippen molar-refractivity contribution in [2.24, 2.45) is 0 Å². The molecule has 3 nitrogen and oxygen atoms in total. The topological polar surface area (TPSA) is 66.5 Å². The molecule has 0 fully saturated rings. The van der Waals surface area contributed by atoms with Gasteiger partial charge in [0.05, 0.1) is 12.2 Å². The van der Waals surface area contributed by atoms with Crippen molar-refractivity contribution in [1.82, 2.24) is 0 Å². The van der Waals surface area contributed by atoms with E-state index in [1.54, 1.807) is 0 Å². The molecule has 0 heterocycles. The molecule has 0 bridgehead atoms. The van der Waals surface area contributed by atoms with Gasteiger partial charge in [-0.2, -0.15) is 0 Å². The van der Waals surface area contributed by atoms with Gasteiger partial charge in [-0.1, -0.05) is 82.0 Å². The molecule has 29 heavy (non-hydrogen) atoms. The van der Waals surface area contributed by atoms with E-state index in [-0.39, 0.29) is 0 Å². The van der Waals surface area contributed by atoms with E-state index in [9.17, 15) is 10.2 Å². The summed E-state index contributed by atoms with van der Waals surface area (Å²) in [4.78, 5) is 0. The smallest absolute Gasteiger partial charge is 0.0814 e. The van der Waals surface area contributed by atoms with Crippen molar-refractivity contribution in [3.05, 3.63) is 53.6 Å². The molecular weight excluding hydrogens is 358 g/mol. The molecule has 4 aromatic rings. The van der Waals surface area contributed by atoms with Crippen LogP contribution in [0.3, 0.4) is 0 Å². The van der Waals surface area contributed by atoms with E-state index >= 15 is 0 Å². The summed E-state index contributed by atoms with van der Waals surface area (Å²) in [6.45, 7) is 4.25. The third-order valence-electron chi connectivity index (χ3n) is 6.27. The highest BCUT2D eigenvalue weighted by atomic mass is 16.3. The Bertz CT molecular complexity index is 1120. The van der Waals surface area contributed by atoms with E-state index in [0.29, 0.717) is 18.5 Å². The quantitative estimate of drug-likeness (QED) is 0.234. The van der Waals surface area contributed by atoms with Crippen LogP contribution < -0.4 is 5.73 Å². The molecule has 152 valence electrons. The van der Waals surface area contributed by atoms with Gasteiger partial charge in [0.25, 0.3) is 0 Å². The molecule has 0 saturated carbocycles. The van der Waals surface area contributed by atoms with Gasteiger partial charge in [-0.3, -0.25) is 0 Å². The monoisotopic (exact) mass is 389 g/mol. The van der Waals surface area contributed by atoms with Crippen LogP contribution in [0, 0.1) is 0 Å². The molecule has 4 N–H and O–H groups in total. The normalized spacial score (nSPS) is 14.2. The number of aliphatic hydroxyl groups excluding tert-OH is 2. The summed E-state index contributed by atoms with van der Waals surface area (Å²) in [5.41, 5.74) is 8.87. The number of nitrogens with two attached hydrogens (primary N) is 1. The Morgan fingerprint density at radius 1 is 0.724 bits per heavy atom. The lowest BCUT2D eigenvalue weighted by atomic mass is 9.83. The van der Waals surface area contributed by atoms with Crippen molar-refractivity contribution in [3.63, 3.8) is 0 Å². The first-order valence-corrected chi connectivity index (χ1v) is 10.9. The number of hydrogen-bond acceptors (Lipinski definition) is 3. The van der Waals surface area contributed by atoms with Gasteiger partial charge in [0, 0.05) is 16.6 Å². The molecule has 3 heteroatoms. The number of benzene rings is 4. The predicted molar refractivity (Wildman–Crippen MR) is 124 cm³/mol. The maximum Gasteiger partial charge on any atom is 0.0814 e. The molecule has 0 radical (unpaired) electrons. The van der Waals surface area contributed by atoms with Crippen molar-refractivity contribution in [3.8, 4) is 0 Å². The van der Waals surface area contributed by atoms with Gasteiger partial charge in [-0.25, -0.2) is 0 Å². The molecular formula is C26H31NO2. The van der Waals surface area contributed by atoms with Crippen LogP contribution in [-0.2, 0) is 0 Å². The second kappa shape index (κ2) is 8.17. The van der Waals surface area contributed by atoms with Gasteiger partial charge in [0.15, 0.2) is 0 Å². The Kier molecular flexibility index (Phi) is 5.62. The fourth-order valence-corrected chi connectivity index (χ4v) is 4.77. The molecule has 0 amide bonds. The summed E-state index contributed by atoms with van der Waals surface area (Å²) in [7, 11) is 0. The minimum absolute atomic E-state index is 0.616. The first kappa shape index (κ1) is 19.9. The van der Waals surface area contributed by atoms with Crippen LogP contribution in [0.5, 0.6) is 0 Å². The number of nitrogen functional groups attached to an aromatic ring is 1. The van der Waals surface area contributed by atoms with E-state index in [1.807, 2.05) is 0 Å². The maximum atomic E-state index is 11.2. The molecule has 0 aliphatic rings. The third kappa shape index (κ3) is 3.33. The summed E-state index contributed by atoms with van der Waals surface area (Å²) >= 11 is 0. The van der Waals surface area contributed by atoms with Crippen molar-refractivity contribution in [2.75, 3.05) is 5.73 Å². The molecule has 0 aliphatic heterocycles. The zero-order valence-electron chi connectivity index (χ0n) is 17.4. The molecule has 2 atom stereocenters. The molecule has 0 saturated heterocycles. The van der Waals surface area contributed by atoms with Gasteiger partial charge >= 0.3 is 0 Å². The van der Waals surface area contributed by atoms with Gasteiger partial charge in [-0.15, -0.1) is 0 Å². The average molecular weight is 390 g/mol. The van der Waals surface area contributed by atoms with Crippen molar-refractivity contribution >= 4 is 38.0 Å². The van der Waals surface area contributed by atoms with Gasteiger partial charge in [-0.05, 0) is 45.3 Å². The number of aliphatic hydroxyl groups is 2. The van der Waals surface area contributed by atoms with Gasteiger partial charge in [0.2, 0.25) is 0 Å². The SMILES string of the molecule is CCCCC(O)c1c(N)c2ccc3cccc4ccc(c1C(O)CCCC)c2c34. The number of anilines is 1. The summed E-state index contributed by atoms with van der Waals surface area (Å²) in [6, 6.07) is 14.7. The van der Waals surface area contributed by atoms with Crippen LogP contribution >= 0.6 is 0 Å². The second-order valence-electron chi connectivity index (χ2n) is 8.24. The first-order valence-electron chi connectivity index (χ1n) is 10.9. The highest BCUT2D eigenvalue weighted by Crippen LogP contribution is 2.46. The predicted octanol–water partition coefficient (Wildman–Crippen LogP) is 6.61. The zero-order valence-corrected chi connectivity index (χ0v) is 17.4. The van der Waals surface area contributed by atoms with Crippen LogP contribution in [0.2, 0.25) is 0 Å². The number of unbranched alkanes of at least 4 members (excludes halogenated alkanes) is 2. The summed E-state index contributed by atoms with van der Waals surface area (Å²) in [5.74, 6) is 0. The van der Waals surface area contributed by atoms with Crippen LogP contribution in [0.1, 0.15) is 75.7 Å². The fourth-order valence-electron chi connectivity index (χ4n) is 4.77. The summed E-state index contributed by atoms with van der Waals surface area (Å²) < 4.78 is 0. The molecule has 0 spiro atoms. The molecule has 0 aliphatic carbocycles. The third-order valence-corrected chi connectivity index (χ3v) is 6.27. The van der Waals surface area contributed by atoms with Crippen LogP contribution in [0.4, 0.5) is 5.69 Å². The van der Waals surface area contributed by atoms with E-state index in [1.165, 1.54) is 16.2 Å². The van der Waals surface area contributed by atoms with Gasteiger partial charge < -0.3 is 15.9 Å². The minimum Gasteiger partial charge on any atom is -0.398 e. The standard InChI is InChI=1S/C26H31NO2/c1-3-5-10-20(28)24-18-14-12-16-8-7-9-17-13-15-19(23(18)22(16)17)26(27)25(24)21(29)11-6-4-2/h7-9,12-15,20-21,28-29H,3-6,10-11,27H2,1-2H3. The van der Waals surface area contributed by atoms with Crippen molar-refractivity contribution < 1.29 is 10.2 Å². The van der Waals surface area contributed by atoms with Crippen molar-refractivity contribution in [1.29, 1.82) is 0 Å². The fraction of sp³-hybridized carbons (Fsp3) is 0.385. The van der Waals surface area contributed by atoms with Crippen LogP contribution in [-0.4, -0.2) is 10.2 Å². The summed E-state index contributed by atoms with van der Waals surface area (Å²) in [6.07, 6.45) is 3.93. The van der Waals surface area contributed by atoms with E-state index in [0.717, 1.165) is 53.0 Å². The Hall–Kier alpha value is -2.36. The number of hydrogen-bond donors (Lipinski definition) is 3. The zero-order chi connectivity index (χ0) is 20.5. The van der Waals surface area contributed by atoms with Crippen molar-refractivity contribution in [2.45, 2.75) is 64.6 Å². The molecule has 4 aromatic carbocycles. The lowest BCUT2D eigenvalue weighted by Crippen LogP contribution is -2.12. The Morgan fingerprint density at radius 3 is 1.86 bits per heavy atom. The van der Waals surface area contributed by atoms with Crippen LogP contribution in [0.15, 0.2) is 42.5 Å². The van der Waals surface area contributed by atoms with Crippen LogP contribution in [0.25, 0.3) is 32.3 Å². The second-order valence-corrected chi connectivity index (χ2v) is 8.24. The van der Waals surface area contributed by atoms with Gasteiger partial charge in [0.1, 0.15) is 0 Å². The van der Waals surface area contributed by atoms with E-state index in [2.05, 4.69) is 56.3 Å². The lowest BCUT2D eigenvalue weighted by molar-refractivity contribution is 0.143. The maximum absolute atomic E-state index is 11.2. The Morgan fingerprint density at radius 2 is 1.28 bits per heavy atom. The number of rotatable bonds is 8. The van der Waals surface area contributed by atoms with E-state index in [4.69, 9.17) is 5.73 Å². The highest BCUT2D eigenvalue weighted by Gasteiger charge is 2.26. The summed E-state index contributed by atoms with van der Waals surface area (Å²) in [5, 5.41) is 28.9. The largest absolute Gasteiger partial charge is 0.398 e.